The van der Waals surface area contributed by atoms with Crippen LogP contribution >= 0.6 is 11.8 Å². The molecule has 2 rings (SSSR count). The molecule has 20 heavy (non-hydrogen) atoms. The van der Waals surface area contributed by atoms with Crippen LogP contribution in [0.3, 0.4) is 0 Å². The molecule has 0 amide bonds. The number of thioether (sulfide) groups is 1. The number of anilines is 1. The average Bonchev–Trinajstić information content (AvgIpc) is 2.46. The molecule has 2 aromatic rings. The van der Waals surface area contributed by atoms with Crippen LogP contribution in [0.1, 0.15) is 5.56 Å². The maximum absolute atomic E-state index is 5.97. The topological polar surface area (TPSA) is 44.5 Å². The number of methoxy groups -OCH3 is 1. The van der Waals surface area contributed by atoms with Crippen molar-refractivity contribution in [3.8, 4) is 11.5 Å². The Morgan fingerprint density at radius 3 is 2.40 bits per heavy atom. The van der Waals surface area contributed by atoms with Crippen LogP contribution in [0.5, 0.6) is 11.5 Å². The highest BCUT2D eigenvalue weighted by molar-refractivity contribution is 7.99. The van der Waals surface area contributed by atoms with Gasteiger partial charge in [-0.25, -0.2) is 0 Å². The first-order valence-electron chi connectivity index (χ1n) is 6.45. The van der Waals surface area contributed by atoms with E-state index in [0.717, 1.165) is 27.8 Å². The minimum absolute atomic E-state index is 0.643. The van der Waals surface area contributed by atoms with Gasteiger partial charge in [-0.2, -0.15) is 0 Å². The first-order valence-corrected chi connectivity index (χ1v) is 7.43. The Hall–Kier alpha value is -1.81. The van der Waals surface area contributed by atoms with Crippen molar-refractivity contribution < 1.29 is 9.47 Å². The van der Waals surface area contributed by atoms with E-state index >= 15 is 0 Å². The average molecular weight is 289 g/mol. The van der Waals surface area contributed by atoms with E-state index in [2.05, 4.69) is 12.1 Å². The molecule has 0 aliphatic rings. The van der Waals surface area contributed by atoms with E-state index < -0.39 is 0 Å². The van der Waals surface area contributed by atoms with Crippen LogP contribution in [-0.4, -0.2) is 19.5 Å². The summed E-state index contributed by atoms with van der Waals surface area (Å²) in [6, 6.07) is 13.7. The van der Waals surface area contributed by atoms with Gasteiger partial charge in [0, 0.05) is 16.3 Å². The maximum Gasteiger partial charge on any atom is 0.119 e. The summed E-state index contributed by atoms with van der Waals surface area (Å²) in [5, 5.41) is 0. The van der Waals surface area contributed by atoms with E-state index in [1.54, 1.807) is 18.9 Å². The predicted octanol–water partition coefficient (Wildman–Crippen LogP) is 3.76. The fourth-order valence-electron chi connectivity index (χ4n) is 1.78. The van der Waals surface area contributed by atoms with Gasteiger partial charge >= 0.3 is 0 Å². The number of ether oxygens (including phenoxy) is 2. The number of benzene rings is 2. The molecule has 0 heterocycles. The minimum atomic E-state index is 0.643. The molecule has 2 N–H and O–H groups in total. The number of nitrogen functional groups attached to an aromatic ring is 1. The van der Waals surface area contributed by atoms with Crippen LogP contribution in [-0.2, 0) is 0 Å². The molecule has 0 atom stereocenters. The second-order valence-corrected chi connectivity index (χ2v) is 5.55. The summed E-state index contributed by atoms with van der Waals surface area (Å²) in [5.74, 6) is 2.54. The fourth-order valence-corrected chi connectivity index (χ4v) is 2.56. The zero-order valence-electron chi connectivity index (χ0n) is 11.8. The number of rotatable bonds is 6. The van der Waals surface area contributed by atoms with Crippen LogP contribution in [0.4, 0.5) is 5.69 Å². The second-order valence-electron chi connectivity index (χ2n) is 4.41. The summed E-state index contributed by atoms with van der Waals surface area (Å²) in [6.45, 7) is 2.68. The highest BCUT2D eigenvalue weighted by Crippen LogP contribution is 2.26. The fraction of sp³-hybridized carbons (Fsp3) is 0.250. The van der Waals surface area contributed by atoms with E-state index in [0.29, 0.717) is 6.61 Å². The van der Waals surface area contributed by atoms with Gasteiger partial charge in [-0.1, -0.05) is 6.07 Å². The lowest BCUT2D eigenvalue weighted by Gasteiger charge is -2.08. The van der Waals surface area contributed by atoms with Gasteiger partial charge in [-0.05, 0) is 48.9 Å². The summed E-state index contributed by atoms with van der Waals surface area (Å²) in [7, 11) is 1.65. The minimum Gasteiger partial charge on any atom is -0.497 e. The molecular weight excluding hydrogens is 270 g/mol. The first kappa shape index (κ1) is 14.6. The summed E-state index contributed by atoms with van der Waals surface area (Å²) < 4.78 is 10.8. The lowest BCUT2D eigenvalue weighted by Crippen LogP contribution is -2.00. The molecule has 0 saturated carbocycles. The van der Waals surface area contributed by atoms with Crippen molar-refractivity contribution in [1.82, 2.24) is 0 Å². The molecule has 0 spiro atoms. The summed E-state index contributed by atoms with van der Waals surface area (Å²) >= 11 is 1.71. The SMILES string of the molecule is COc1ccc(OCCSc2ccc(C)cc2N)cc1. The number of hydrogen-bond donors (Lipinski definition) is 1. The number of nitrogens with two attached hydrogens (primary N) is 1. The van der Waals surface area contributed by atoms with Crippen molar-refractivity contribution in [3.63, 3.8) is 0 Å². The molecule has 0 unspecified atom stereocenters. The van der Waals surface area contributed by atoms with Crippen molar-refractivity contribution in [2.75, 3.05) is 25.2 Å². The molecule has 2 aromatic carbocycles. The molecule has 0 radical (unpaired) electrons. The molecule has 4 heteroatoms. The van der Waals surface area contributed by atoms with E-state index in [1.165, 1.54) is 5.56 Å². The van der Waals surface area contributed by atoms with Crippen molar-refractivity contribution in [3.05, 3.63) is 48.0 Å². The third-order valence-electron chi connectivity index (χ3n) is 2.83. The standard InChI is InChI=1S/C16H19NO2S/c1-12-3-8-16(15(17)11-12)20-10-9-19-14-6-4-13(18-2)5-7-14/h3-8,11H,9-10,17H2,1-2H3. The zero-order valence-corrected chi connectivity index (χ0v) is 12.6. The smallest absolute Gasteiger partial charge is 0.119 e. The third kappa shape index (κ3) is 4.10. The molecule has 0 aliphatic carbocycles. The van der Waals surface area contributed by atoms with Gasteiger partial charge in [-0.3, -0.25) is 0 Å². The van der Waals surface area contributed by atoms with E-state index in [-0.39, 0.29) is 0 Å². The summed E-state index contributed by atoms with van der Waals surface area (Å²) in [5.41, 5.74) is 7.99. The normalized spacial score (nSPS) is 10.3. The molecule has 106 valence electrons. The Kier molecular flexibility index (Phi) is 5.18. The largest absolute Gasteiger partial charge is 0.497 e. The number of hydrogen-bond acceptors (Lipinski definition) is 4. The molecule has 0 aliphatic heterocycles. The quantitative estimate of drug-likeness (QED) is 0.499. The summed E-state index contributed by atoms with van der Waals surface area (Å²) in [4.78, 5) is 1.11. The maximum atomic E-state index is 5.97. The Balaban J connectivity index is 1.78. The van der Waals surface area contributed by atoms with Gasteiger partial charge in [0.2, 0.25) is 0 Å². The van der Waals surface area contributed by atoms with Crippen molar-refractivity contribution in [2.24, 2.45) is 0 Å². The highest BCUT2D eigenvalue weighted by Gasteiger charge is 2.01. The summed E-state index contributed by atoms with van der Waals surface area (Å²) in [6.07, 6.45) is 0. The van der Waals surface area contributed by atoms with Gasteiger partial charge in [0.1, 0.15) is 11.5 Å². The molecular formula is C16H19NO2S. The van der Waals surface area contributed by atoms with Crippen molar-refractivity contribution in [2.45, 2.75) is 11.8 Å². The van der Waals surface area contributed by atoms with Gasteiger partial charge in [-0.15, -0.1) is 11.8 Å². The van der Waals surface area contributed by atoms with E-state index in [1.807, 2.05) is 37.3 Å². The Morgan fingerprint density at radius 1 is 1.05 bits per heavy atom. The van der Waals surface area contributed by atoms with Crippen molar-refractivity contribution in [1.29, 1.82) is 0 Å². The number of aryl methyl sites for hydroxylation is 1. The second kappa shape index (κ2) is 7.10. The lowest BCUT2D eigenvalue weighted by molar-refractivity contribution is 0.342. The lowest BCUT2D eigenvalue weighted by atomic mass is 10.2. The van der Waals surface area contributed by atoms with E-state index in [9.17, 15) is 0 Å². The van der Waals surface area contributed by atoms with Crippen LogP contribution in [0.15, 0.2) is 47.4 Å². The molecule has 0 bridgehead atoms. The Labute approximate surface area is 124 Å². The van der Waals surface area contributed by atoms with Crippen LogP contribution in [0.2, 0.25) is 0 Å². The van der Waals surface area contributed by atoms with Crippen molar-refractivity contribution >= 4 is 17.4 Å². The predicted molar refractivity (Wildman–Crippen MR) is 84.8 cm³/mol. The Bertz CT molecular complexity index is 555. The van der Waals surface area contributed by atoms with Gasteiger partial charge in [0.05, 0.1) is 13.7 Å². The van der Waals surface area contributed by atoms with Crippen LogP contribution in [0, 0.1) is 6.92 Å². The Morgan fingerprint density at radius 2 is 1.75 bits per heavy atom. The molecule has 0 aromatic heterocycles. The van der Waals surface area contributed by atoms with Gasteiger partial charge in [0.25, 0.3) is 0 Å². The van der Waals surface area contributed by atoms with Crippen LogP contribution < -0.4 is 15.2 Å². The monoisotopic (exact) mass is 289 g/mol. The van der Waals surface area contributed by atoms with Crippen LogP contribution in [0.25, 0.3) is 0 Å². The van der Waals surface area contributed by atoms with Gasteiger partial charge in [0.15, 0.2) is 0 Å². The first-order chi connectivity index (χ1) is 9.69. The molecule has 0 saturated heterocycles. The van der Waals surface area contributed by atoms with Gasteiger partial charge < -0.3 is 15.2 Å². The molecule has 0 fully saturated rings. The highest BCUT2D eigenvalue weighted by atomic mass is 32.2. The van der Waals surface area contributed by atoms with E-state index in [4.69, 9.17) is 15.2 Å². The molecule has 3 nitrogen and oxygen atoms in total. The third-order valence-corrected chi connectivity index (χ3v) is 3.89. The zero-order chi connectivity index (χ0) is 14.4.